The Morgan fingerprint density at radius 1 is 0.667 bits per heavy atom. The average Bonchev–Trinajstić information content (AvgIpc) is 2.53. The van der Waals surface area contributed by atoms with Crippen molar-refractivity contribution in [3.8, 4) is 34.1 Å². The molecule has 2 rings (SSSR count). The van der Waals surface area contributed by atoms with Crippen LogP contribution >= 0.6 is 0 Å². The number of nitrogens with two attached hydrogens (primary N) is 1. The van der Waals surface area contributed by atoms with Crippen molar-refractivity contribution in [3.63, 3.8) is 0 Å². The molecule has 0 radical (unpaired) electrons. The lowest BCUT2D eigenvalue weighted by atomic mass is 10.0. The molecular weight excluding hydrogens is 270 g/mol. The predicted molar refractivity (Wildman–Crippen MR) is 82.5 cm³/mol. The lowest BCUT2D eigenvalue weighted by Crippen LogP contribution is -1.98. The van der Waals surface area contributed by atoms with Gasteiger partial charge in [-0.3, -0.25) is 0 Å². The van der Waals surface area contributed by atoms with Crippen LogP contribution in [0.4, 0.5) is 5.69 Å². The maximum absolute atomic E-state index is 5.80. The van der Waals surface area contributed by atoms with Crippen LogP contribution in [-0.2, 0) is 0 Å². The van der Waals surface area contributed by atoms with E-state index in [0.29, 0.717) is 28.7 Å². The Morgan fingerprint density at radius 2 is 1.29 bits per heavy atom. The van der Waals surface area contributed by atoms with E-state index in [1.807, 2.05) is 24.3 Å². The van der Waals surface area contributed by atoms with Crippen molar-refractivity contribution in [2.75, 3.05) is 34.2 Å². The molecule has 112 valence electrons. The Hall–Kier alpha value is -2.56. The van der Waals surface area contributed by atoms with Gasteiger partial charge in [0.2, 0.25) is 5.75 Å². The van der Waals surface area contributed by atoms with E-state index in [-0.39, 0.29) is 0 Å². The van der Waals surface area contributed by atoms with Crippen molar-refractivity contribution in [2.45, 2.75) is 0 Å². The first kappa shape index (κ1) is 14.8. The number of benzene rings is 2. The smallest absolute Gasteiger partial charge is 0.203 e. The molecule has 0 saturated heterocycles. The summed E-state index contributed by atoms with van der Waals surface area (Å²) in [4.78, 5) is 0. The topological polar surface area (TPSA) is 62.9 Å². The minimum absolute atomic E-state index is 0.538. The molecule has 2 aromatic carbocycles. The van der Waals surface area contributed by atoms with Crippen LogP contribution in [0.15, 0.2) is 30.3 Å². The van der Waals surface area contributed by atoms with Crippen LogP contribution in [0, 0.1) is 0 Å². The van der Waals surface area contributed by atoms with E-state index in [1.165, 1.54) is 0 Å². The highest BCUT2D eigenvalue weighted by molar-refractivity contribution is 5.81. The van der Waals surface area contributed by atoms with E-state index >= 15 is 0 Å². The largest absolute Gasteiger partial charge is 0.496 e. The monoisotopic (exact) mass is 289 g/mol. The fraction of sp³-hybridized carbons (Fsp3) is 0.250. The molecule has 0 spiro atoms. The van der Waals surface area contributed by atoms with Crippen LogP contribution in [0.25, 0.3) is 11.1 Å². The molecule has 0 amide bonds. The highest BCUT2D eigenvalue weighted by Crippen LogP contribution is 2.46. The summed E-state index contributed by atoms with van der Waals surface area (Å²) in [7, 11) is 6.35. The van der Waals surface area contributed by atoms with Crippen molar-refractivity contribution < 1.29 is 18.9 Å². The Kier molecular flexibility index (Phi) is 4.42. The SMILES string of the molecule is COc1cc(N)ccc1-c1ccc(OC)c(OC)c1OC. The van der Waals surface area contributed by atoms with Gasteiger partial charge in [0.05, 0.1) is 28.4 Å². The number of hydrogen-bond donors (Lipinski definition) is 1. The summed E-state index contributed by atoms with van der Waals surface area (Å²) in [6, 6.07) is 9.19. The van der Waals surface area contributed by atoms with Crippen LogP contribution in [0.3, 0.4) is 0 Å². The molecule has 0 aromatic heterocycles. The van der Waals surface area contributed by atoms with Gasteiger partial charge in [0, 0.05) is 22.9 Å². The van der Waals surface area contributed by atoms with Crippen LogP contribution < -0.4 is 24.7 Å². The Balaban J connectivity index is 2.69. The second kappa shape index (κ2) is 6.26. The Labute approximate surface area is 124 Å². The molecule has 0 fully saturated rings. The first-order chi connectivity index (χ1) is 10.2. The normalized spacial score (nSPS) is 10.1. The van der Waals surface area contributed by atoms with Crippen LogP contribution in [-0.4, -0.2) is 28.4 Å². The minimum atomic E-state index is 0.538. The third-order valence-corrected chi connectivity index (χ3v) is 3.22. The van der Waals surface area contributed by atoms with Crippen LogP contribution in [0.1, 0.15) is 0 Å². The van der Waals surface area contributed by atoms with Gasteiger partial charge in [-0.15, -0.1) is 0 Å². The standard InChI is InChI=1S/C16H19NO4/c1-18-13-8-7-12(15(20-3)16(13)21-4)11-6-5-10(17)9-14(11)19-2/h5-9H,17H2,1-4H3. The quantitative estimate of drug-likeness (QED) is 0.857. The van der Waals surface area contributed by atoms with Gasteiger partial charge in [-0.05, 0) is 24.3 Å². The molecule has 2 aromatic rings. The summed E-state index contributed by atoms with van der Waals surface area (Å²) in [6.07, 6.45) is 0. The summed E-state index contributed by atoms with van der Waals surface area (Å²) in [5.41, 5.74) is 8.14. The van der Waals surface area contributed by atoms with Crippen molar-refractivity contribution in [2.24, 2.45) is 0 Å². The van der Waals surface area contributed by atoms with Crippen molar-refractivity contribution in [1.82, 2.24) is 0 Å². The molecule has 5 heteroatoms. The maximum Gasteiger partial charge on any atom is 0.203 e. The van der Waals surface area contributed by atoms with Gasteiger partial charge >= 0.3 is 0 Å². The summed E-state index contributed by atoms with van der Waals surface area (Å²) in [6.45, 7) is 0. The first-order valence-electron chi connectivity index (χ1n) is 6.39. The summed E-state index contributed by atoms with van der Waals surface area (Å²) < 4.78 is 21.6. The molecule has 0 heterocycles. The predicted octanol–water partition coefficient (Wildman–Crippen LogP) is 2.97. The molecular formula is C16H19NO4. The second-order valence-electron chi connectivity index (χ2n) is 4.34. The lowest BCUT2D eigenvalue weighted by Gasteiger charge is -2.17. The van der Waals surface area contributed by atoms with Gasteiger partial charge < -0.3 is 24.7 Å². The molecule has 5 nitrogen and oxygen atoms in total. The zero-order chi connectivity index (χ0) is 15.4. The van der Waals surface area contributed by atoms with Crippen LogP contribution in [0.5, 0.6) is 23.0 Å². The van der Waals surface area contributed by atoms with E-state index < -0.39 is 0 Å². The summed E-state index contributed by atoms with van der Waals surface area (Å²) in [5, 5.41) is 0. The van der Waals surface area contributed by atoms with E-state index in [9.17, 15) is 0 Å². The molecule has 0 aliphatic heterocycles. The van der Waals surface area contributed by atoms with Crippen molar-refractivity contribution >= 4 is 5.69 Å². The fourth-order valence-electron chi connectivity index (χ4n) is 2.24. The molecule has 0 atom stereocenters. The van der Waals surface area contributed by atoms with Gasteiger partial charge in [-0.2, -0.15) is 0 Å². The van der Waals surface area contributed by atoms with Crippen molar-refractivity contribution in [1.29, 1.82) is 0 Å². The molecule has 0 saturated carbocycles. The molecule has 0 unspecified atom stereocenters. The molecule has 0 bridgehead atoms. The number of nitrogen functional groups attached to an aromatic ring is 1. The third kappa shape index (κ3) is 2.67. The third-order valence-electron chi connectivity index (χ3n) is 3.22. The van der Waals surface area contributed by atoms with E-state index in [4.69, 9.17) is 24.7 Å². The molecule has 2 N–H and O–H groups in total. The minimum Gasteiger partial charge on any atom is -0.496 e. The van der Waals surface area contributed by atoms with Gasteiger partial charge in [0.15, 0.2) is 11.5 Å². The zero-order valence-electron chi connectivity index (χ0n) is 12.6. The maximum atomic E-state index is 5.80. The second-order valence-corrected chi connectivity index (χ2v) is 4.34. The lowest BCUT2D eigenvalue weighted by molar-refractivity contribution is 0.325. The van der Waals surface area contributed by atoms with E-state index in [1.54, 1.807) is 34.5 Å². The summed E-state index contributed by atoms with van der Waals surface area (Å²) in [5.74, 6) is 2.39. The first-order valence-corrected chi connectivity index (χ1v) is 6.39. The molecule has 0 aliphatic rings. The molecule has 21 heavy (non-hydrogen) atoms. The number of hydrogen-bond acceptors (Lipinski definition) is 5. The van der Waals surface area contributed by atoms with E-state index in [2.05, 4.69) is 0 Å². The Bertz CT molecular complexity index is 640. The van der Waals surface area contributed by atoms with Crippen molar-refractivity contribution in [3.05, 3.63) is 30.3 Å². The Morgan fingerprint density at radius 3 is 1.86 bits per heavy atom. The zero-order valence-corrected chi connectivity index (χ0v) is 12.6. The van der Waals surface area contributed by atoms with Crippen LogP contribution in [0.2, 0.25) is 0 Å². The average molecular weight is 289 g/mol. The molecule has 0 aliphatic carbocycles. The number of rotatable bonds is 5. The summed E-state index contributed by atoms with van der Waals surface area (Å²) >= 11 is 0. The van der Waals surface area contributed by atoms with Gasteiger partial charge in [-0.1, -0.05) is 0 Å². The van der Waals surface area contributed by atoms with Gasteiger partial charge in [0.1, 0.15) is 5.75 Å². The number of ether oxygens (including phenoxy) is 4. The highest BCUT2D eigenvalue weighted by Gasteiger charge is 2.19. The van der Waals surface area contributed by atoms with E-state index in [0.717, 1.165) is 11.1 Å². The van der Waals surface area contributed by atoms with Gasteiger partial charge in [0.25, 0.3) is 0 Å². The fourth-order valence-corrected chi connectivity index (χ4v) is 2.24. The van der Waals surface area contributed by atoms with Gasteiger partial charge in [-0.25, -0.2) is 0 Å². The highest BCUT2D eigenvalue weighted by atomic mass is 16.5. The number of anilines is 1. The number of methoxy groups -OCH3 is 4.